The van der Waals surface area contributed by atoms with Crippen molar-refractivity contribution in [1.82, 2.24) is 15.3 Å². The maximum Gasteiger partial charge on any atom is 0.229 e. The second-order valence-corrected chi connectivity index (χ2v) is 8.13. The standard InChI is InChI=1S/C23H25ClN6S/c1-14-5-6-15(2)20(11-14)28-23(31)30-21(25-13-18-7-9-19(24)10-8-18)29-22-26-16(3)12-17(4)27-22/h5-12H,13H2,1-4H3,(H3,25,26,27,28,29,30,31). The number of anilines is 2. The Hall–Kier alpha value is -3.03. The molecule has 31 heavy (non-hydrogen) atoms. The molecule has 6 nitrogen and oxygen atoms in total. The third kappa shape index (κ3) is 7.01. The van der Waals surface area contributed by atoms with Gasteiger partial charge in [-0.05, 0) is 80.9 Å². The van der Waals surface area contributed by atoms with E-state index < -0.39 is 0 Å². The van der Waals surface area contributed by atoms with Crippen LogP contribution >= 0.6 is 23.8 Å². The number of aromatic nitrogens is 2. The number of aliphatic imine (C=N–C) groups is 1. The Labute approximate surface area is 193 Å². The Kier molecular flexibility index (Phi) is 7.55. The van der Waals surface area contributed by atoms with Crippen LogP contribution in [0.4, 0.5) is 11.6 Å². The SMILES string of the molecule is Cc1ccc(C)c(NC(=S)NC(=NCc2ccc(Cl)cc2)Nc2nc(C)cc(C)n2)c1. The van der Waals surface area contributed by atoms with Gasteiger partial charge in [0, 0.05) is 22.1 Å². The average molecular weight is 453 g/mol. The Morgan fingerprint density at radius 1 is 0.935 bits per heavy atom. The Morgan fingerprint density at radius 2 is 1.61 bits per heavy atom. The second kappa shape index (κ2) is 10.3. The Morgan fingerprint density at radius 3 is 2.29 bits per heavy atom. The van der Waals surface area contributed by atoms with Gasteiger partial charge in [-0.1, -0.05) is 35.9 Å². The monoisotopic (exact) mass is 452 g/mol. The van der Waals surface area contributed by atoms with Crippen LogP contribution in [0.5, 0.6) is 0 Å². The molecule has 2 aromatic carbocycles. The zero-order valence-corrected chi connectivity index (χ0v) is 19.5. The molecule has 3 N–H and O–H groups in total. The topological polar surface area (TPSA) is 74.2 Å². The van der Waals surface area contributed by atoms with Crippen LogP contribution in [-0.4, -0.2) is 21.0 Å². The Balaban J connectivity index is 1.79. The third-order valence-corrected chi connectivity index (χ3v) is 4.87. The van der Waals surface area contributed by atoms with Crippen LogP contribution in [0.1, 0.15) is 28.1 Å². The van der Waals surface area contributed by atoms with Gasteiger partial charge < -0.3 is 10.6 Å². The van der Waals surface area contributed by atoms with Crippen LogP contribution in [0.15, 0.2) is 53.5 Å². The minimum absolute atomic E-state index is 0.417. The van der Waals surface area contributed by atoms with Crippen LogP contribution in [0.2, 0.25) is 5.02 Å². The molecule has 0 radical (unpaired) electrons. The fourth-order valence-electron chi connectivity index (χ4n) is 2.89. The minimum Gasteiger partial charge on any atom is -0.332 e. The average Bonchev–Trinajstić information content (AvgIpc) is 2.69. The normalized spacial score (nSPS) is 11.2. The second-order valence-electron chi connectivity index (χ2n) is 7.29. The van der Waals surface area contributed by atoms with E-state index in [9.17, 15) is 0 Å². The van der Waals surface area contributed by atoms with E-state index in [2.05, 4.69) is 43.0 Å². The highest BCUT2D eigenvalue weighted by Crippen LogP contribution is 2.16. The predicted molar refractivity (Wildman–Crippen MR) is 133 cm³/mol. The van der Waals surface area contributed by atoms with Gasteiger partial charge in [-0.25, -0.2) is 15.0 Å². The van der Waals surface area contributed by atoms with Crippen molar-refractivity contribution in [3.8, 4) is 0 Å². The number of aryl methyl sites for hydroxylation is 4. The minimum atomic E-state index is 0.417. The number of hydrogen-bond donors (Lipinski definition) is 3. The van der Waals surface area contributed by atoms with Crippen molar-refractivity contribution in [2.75, 3.05) is 10.6 Å². The molecule has 0 fully saturated rings. The molecule has 160 valence electrons. The van der Waals surface area contributed by atoms with Gasteiger partial charge in [0.1, 0.15) is 0 Å². The third-order valence-electron chi connectivity index (χ3n) is 4.42. The number of nitrogens with zero attached hydrogens (tertiary/aromatic N) is 3. The van der Waals surface area contributed by atoms with Crippen LogP contribution in [0, 0.1) is 27.7 Å². The summed E-state index contributed by atoms with van der Waals surface area (Å²) in [7, 11) is 0. The summed E-state index contributed by atoms with van der Waals surface area (Å²) >= 11 is 11.5. The molecule has 1 heterocycles. The van der Waals surface area contributed by atoms with E-state index in [0.717, 1.165) is 33.8 Å². The molecule has 0 saturated heterocycles. The quantitative estimate of drug-likeness (QED) is 0.282. The lowest BCUT2D eigenvalue weighted by molar-refractivity contribution is 1.03. The van der Waals surface area contributed by atoms with Crippen molar-refractivity contribution in [2.45, 2.75) is 34.2 Å². The van der Waals surface area contributed by atoms with Gasteiger partial charge in [0.2, 0.25) is 11.9 Å². The number of guanidine groups is 1. The van der Waals surface area contributed by atoms with E-state index in [0.29, 0.717) is 28.6 Å². The van der Waals surface area contributed by atoms with E-state index in [4.69, 9.17) is 23.8 Å². The van der Waals surface area contributed by atoms with Crippen LogP contribution in [-0.2, 0) is 6.54 Å². The molecule has 0 aliphatic rings. The van der Waals surface area contributed by atoms with Crippen LogP contribution < -0.4 is 16.0 Å². The summed E-state index contributed by atoms with van der Waals surface area (Å²) in [6, 6.07) is 15.6. The molecule has 0 unspecified atom stereocenters. The summed E-state index contributed by atoms with van der Waals surface area (Å²) < 4.78 is 0. The number of rotatable bonds is 4. The van der Waals surface area contributed by atoms with Crippen molar-refractivity contribution in [2.24, 2.45) is 4.99 Å². The van der Waals surface area contributed by atoms with Crippen molar-refractivity contribution in [3.05, 3.63) is 81.6 Å². The highest BCUT2D eigenvalue weighted by Gasteiger charge is 2.08. The summed E-state index contributed by atoms with van der Waals surface area (Å²) in [6.07, 6.45) is 0. The number of benzene rings is 2. The highest BCUT2D eigenvalue weighted by molar-refractivity contribution is 7.80. The maximum absolute atomic E-state index is 5.98. The number of thiocarbonyl (C=S) groups is 1. The first-order valence-electron chi connectivity index (χ1n) is 9.82. The first-order chi connectivity index (χ1) is 14.8. The lowest BCUT2D eigenvalue weighted by Gasteiger charge is -2.16. The molecule has 0 amide bonds. The van der Waals surface area contributed by atoms with E-state index in [1.807, 2.05) is 64.1 Å². The highest BCUT2D eigenvalue weighted by atomic mass is 35.5. The summed E-state index contributed by atoms with van der Waals surface area (Å²) in [5.74, 6) is 0.900. The first kappa shape index (κ1) is 22.7. The molecule has 0 aliphatic heterocycles. The van der Waals surface area contributed by atoms with Crippen LogP contribution in [0.25, 0.3) is 0 Å². The molecular weight excluding hydrogens is 428 g/mol. The van der Waals surface area contributed by atoms with Crippen LogP contribution in [0.3, 0.4) is 0 Å². The Bertz CT molecular complexity index is 1090. The number of nitrogens with one attached hydrogen (secondary N) is 3. The van der Waals surface area contributed by atoms with E-state index in [1.54, 1.807) is 0 Å². The molecule has 3 aromatic rings. The van der Waals surface area contributed by atoms with E-state index in [-0.39, 0.29) is 0 Å². The summed E-state index contributed by atoms with van der Waals surface area (Å²) in [4.78, 5) is 13.5. The number of halogens is 1. The van der Waals surface area contributed by atoms with Gasteiger partial charge in [0.15, 0.2) is 5.11 Å². The lowest BCUT2D eigenvalue weighted by atomic mass is 10.1. The molecule has 0 bridgehead atoms. The zero-order valence-electron chi connectivity index (χ0n) is 18.0. The fourth-order valence-corrected chi connectivity index (χ4v) is 3.22. The first-order valence-corrected chi connectivity index (χ1v) is 10.6. The molecule has 0 atom stereocenters. The van der Waals surface area contributed by atoms with Gasteiger partial charge in [-0.2, -0.15) is 0 Å². The van der Waals surface area contributed by atoms with E-state index in [1.165, 1.54) is 0 Å². The van der Waals surface area contributed by atoms with Crippen molar-refractivity contribution in [1.29, 1.82) is 0 Å². The van der Waals surface area contributed by atoms with Gasteiger partial charge >= 0.3 is 0 Å². The predicted octanol–water partition coefficient (Wildman–Crippen LogP) is 5.32. The molecule has 0 aliphatic carbocycles. The molecule has 0 spiro atoms. The summed E-state index contributed by atoms with van der Waals surface area (Å²) in [6.45, 7) is 8.35. The van der Waals surface area contributed by atoms with Crippen molar-refractivity contribution in [3.63, 3.8) is 0 Å². The molecule has 1 aromatic heterocycles. The summed E-state index contributed by atoms with van der Waals surface area (Å²) in [5, 5.41) is 10.6. The van der Waals surface area contributed by atoms with Gasteiger partial charge in [0.05, 0.1) is 6.54 Å². The van der Waals surface area contributed by atoms with Gasteiger partial charge in [-0.3, -0.25) is 5.32 Å². The van der Waals surface area contributed by atoms with Crippen molar-refractivity contribution < 1.29 is 0 Å². The zero-order chi connectivity index (χ0) is 22.4. The largest absolute Gasteiger partial charge is 0.332 e. The maximum atomic E-state index is 5.98. The van der Waals surface area contributed by atoms with Crippen molar-refractivity contribution >= 4 is 46.5 Å². The smallest absolute Gasteiger partial charge is 0.229 e. The number of hydrogen-bond acceptors (Lipinski definition) is 4. The van der Waals surface area contributed by atoms with Gasteiger partial charge in [-0.15, -0.1) is 0 Å². The summed E-state index contributed by atoms with van der Waals surface area (Å²) in [5.41, 5.74) is 5.93. The molecule has 8 heteroatoms. The lowest BCUT2D eigenvalue weighted by Crippen LogP contribution is -2.39. The fraction of sp³-hybridized carbons (Fsp3) is 0.217. The molecular formula is C23H25ClN6S. The molecule has 3 rings (SSSR count). The van der Waals surface area contributed by atoms with E-state index >= 15 is 0 Å². The molecule has 0 saturated carbocycles. The van der Waals surface area contributed by atoms with Gasteiger partial charge in [0.25, 0.3) is 0 Å².